The van der Waals surface area contributed by atoms with Crippen molar-refractivity contribution in [2.24, 2.45) is 0 Å². The van der Waals surface area contributed by atoms with Crippen LogP contribution >= 0.6 is 0 Å². The molecule has 0 fully saturated rings. The van der Waals surface area contributed by atoms with Gasteiger partial charge in [-0.05, 0) is 0 Å². The first-order valence-electron chi connectivity index (χ1n) is 13.5. The first-order valence-corrected chi connectivity index (χ1v) is 23.5. The average Bonchev–Trinajstić information content (AvgIpc) is 3.06. The molecule has 4 rings (SSSR count). The minimum atomic E-state index is -2.11. The maximum atomic E-state index is 12.6. The van der Waals surface area contributed by atoms with Crippen LogP contribution in [0.2, 0.25) is 0 Å². The Morgan fingerprint density at radius 2 is 0.744 bits per heavy atom. The van der Waals surface area contributed by atoms with Gasteiger partial charge in [0, 0.05) is 0 Å². The molecule has 9 nitrogen and oxygen atoms in total. The fourth-order valence-corrected chi connectivity index (χ4v) is 11.1. The van der Waals surface area contributed by atoms with E-state index < -0.39 is 73.9 Å². The monoisotopic (exact) mass is 958 g/mol. The number of hydrogen-bond donors (Lipinski definition) is 0. The molecule has 0 radical (unpaired) electrons. The van der Waals surface area contributed by atoms with Gasteiger partial charge in [0.1, 0.15) is 0 Å². The predicted octanol–water partition coefficient (Wildman–Crippen LogP) is 3.68. The molecule has 0 aliphatic heterocycles. The Kier molecular flexibility index (Phi) is 13.3. The number of hydrogen-bond acceptors (Lipinski definition) is 9. The van der Waals surface area contributed by atoms with Gasteiger partial charge in [-0.1, -0.05) is 0 Å². The molecular weight excluding hydrogens is 930 g/mol. The second-order valence-electron chi connectivity index (χ2n) is 9.10. The van der Waals surface area contributed by atoms with Crippen LogP contribution < -0.4 is 6.14 Å². The molecule has 212 valence electrons. The quantitative estimate of drug-likeness (QED) is 0.106. The van der Waals surface area contributed by atoms with E-state index >= 15 is 0 Å². The van der Waals surface area contributed by atoms with E-state index in [1.807, 2.05) is 60.7 Å². The van der Waals surface area contributed by atoms with E-state index in [9.17, 15) is 19.2 Å². The van der Waals surface area contributed by atoms with E-state index in [4.69, 9.17) is 19.5 Å². The van der Waals surface area contributed by atoms with Crippen LogP contribution in [-0.2, 0) is 69.6 Å². The maximum absolute atomic E-state index is 12.6. The molecule has 0 amide bonds. The third kappa shape index (κ3) is 10.4. The number of rotatable bonds is 14. The zero-order valence-electron chi connectivity index (χ0n) is 23.3. The average molecular weight is 956 g/mol. The van der Waals surface area contributed by atoms with Gasteiger partial charge in [0.05, 0.1) is 0 Å². The number of carbonyl (C=O) groups excluding carboxylic acids is 4. The van der Waals surface area contributed by atoms with Crippen LogP contribution in [0, 0.1) is 0 Å². The Balaban J connectivity index is 1.17. The molecule has 0 aromatic heterocycles. The third-order valence-electron chi connectivity index (χ3n) is 6.08. The summed E-state index contributed by atoms with van der Waals surface area (Å²) in [6.07, 6.45) is 0. The van der Waals surface area contributed by atoms with Crippen molar-refractivity contribution in [2.75, 3.05) is 26.4 Å². The molecule has 4 aromatic rings. The normalized spacial score (nSPS) is 10.0. The van der Waals surface area contributed by atoms with Crippen molar-refractivity contribution in [3.8, 4) is 0 Å². The molecule has 0 N–H and O–H groups in total. The fourth-order valence-electron chi connectivity index (χ4n) is 3.92. The van der Waals surface area contributed by atoms with Crippen LogP contribution in [0.3, 0.4) is 0 Å². The minimum absolute atomic E-state index is 0.0524. The summed E-state index contributed by atoms with van der Waals surface area (Å²) < 4.78 is 29.2. The van der Waals surface area contributed by atoms with Gasteiger partial charge in [0.25, 0.3) is 0 Å². The second kappa shape index (κ2) is 17.6. The van der Waals surface area contributed by atoms with Gasteiger partial charge in [-0.15, -0.1) is 0 Å². The summed E-state index contributed by atoms with van der Waals surface area (Å²) in [5.74, 6) is -2.41. The molecule has 43 heavy (non-hydrogen) atoms. The third-order valence-corrected chi connectivity index (χ3v) is 15.5. The van der Waals surface area contributed by atoms with Gasteiger partial charge in [-0.25, -0.2) is 0 Å². The number of ether oxygens (including phenoxy) is 3. The van der Waals surface area contributed by atoms with Crippen LogP contribution in [0.5, 0.6) is 0 Å². The second-order valence-corrected chi connectivity index (χ2v) is 19.9. The molecule has 0 unspecified atom stereocenters. The van der Waals surface area contributed by atoms with Gasteiger partial charge in [-0.3, -0.25) is 0 Å². The van der Waals surface area contributed by atoms with E-state index in [0.717, 1.165) is 6.14 Å². The van der Waals surface area contributed by atoms with Gasteiger partial charge >= 0.3 is 277 Å². The van der Waals surface area contributed by atoms with E-state index in [1.54, 1.807) is 24.3 Å². The van der Waals surface area contributed by atoms with Crippen LogP contribution in [0.4, 0.5) is 0 Å². The first-order chi connectivity index (χ1) is 21.0. The number of esters is 2. The zero-order valence-corrected chi connectivity index (χ0v) is 34.3. The van der Waals surface area contributed by atoms with Gasteiger partial charge in [0.2, 0.25) is 0 Å². The molecule has 0 saturated carbocycles. The Labute approximate surface area is 274 Å². The number of benzene rings is 4. The Morgan fingerprint density at radius 3 is 1.12 bits per heavy atom. The molecule has 0 heterocycles. The van der Waals surface area contributed by atoms with E-state index in [2.05, 4.69) is 0 Å². The molecule has 0 saturated heterocycles. The summed E-state index contributed by atoms with van der Waals surface area (Å²) in [5.41, 5.74) is 0.551. The van der Waals surface area contributed by atoms with Crippen molar-refractivity contribution in [3.63, 3.8) is 0 Å². The van der Waals surface area contributed by atoms with Crippen molar-refractivity contribution in [2.45, 2.75) is 0 Å². The summed E-state index contributed by atoms with van der Waals surface area (Å²) in [6.45, 7) is -0.0292. The molecule has 11 heteroatoms. The summed E-state index contributed by atoms with van der Waals surface area (Å²) >= 11 is -4.23. The van der Waals surface area contributed by atoms with Crippen molar-refractivity contribution in [1.82, 2.24) is 0 Å². The fraction of sp³-hybridized carbons (Fsp3) is 0.125. The molecule has 0 atom stereocenters. The van der Waals surface area contributed by atoms with Crippen LogP contribution in [0.1, 0.15) is 41.4 Å². The van der Waals surface area contributed by atoms with Crippen molar-refractivity contribution >= 4 is 30.0 Å². The van der Waals surface area contributed by atoms with Crippen molar-refractivity contribution < 1.29 is 88.7 Å². The Morgan fingerprint density at radius 1 is 0.419 bits per heavy atom. The van der Waals surface area contributed by atoms with Gasteiger partial charge < -0.3 is 0 Å². The van der Waals surface area contributed by atoms with E-state index in [-0.39, 0.29) is 48.7 Å². The van der Waals surface area contributed by atoms with Crippen molar-refractivity contribution in [3.05, 3.63) is 131 Å². The molecule has 0 aliphatic carbocycles. The SMILES string of the molecule is O=C(OCCOCCOC(=O)c1ccccc1C(=O)[O][Hg][c]1ccccc1)c1ccccc1C(=O)[O][Hg][c]1ccccc1. The molecule has 0 spiro atoms. The van der Waals surface area contributed by atoms with Gasteiger partial charge in [-0.2, -0.15) is 0 Å². The predicted molar refractivity (Wildman–Crippen MR) is 147 cm³/mol. The zero-order chi connectivity index (χ0) is 30.3. The summed E-state index contributed by atoms with van der Waals surface area (Å²) in [5, 5.41) is 0. The van der Waals surface area contributed by atoms with E-state index in [1.165, 1.54) is 24.3 Å². The summed E-state index contributed by atoms with van der Waals surface area (Å²) in [7, 11) is 0. The van der Waals surface area contributed by atoms with Crippen LogP contribution in [0.25, 0.3) is 0 Å². The Hall–Kier alpha value is -3.41. The van der Waals surface area contributed by atoms with E-state index in [0.29, 0.717) is 0 Å². The molecule has 0 aliphatic rings. The van der Waals surface area contributed by atoms with Crippen LogP contribution in [0.15, 0.2) is 109 Å². The standard InChI is InChI=1S/C20H18O9.2C6H5.2Hg/c21-17(22)13-5-1-3-7-15(13)19(25)28-11-9-27-10-12-29-20(26)16-8-4-2-6-14(16)18(23)24;2*1-2-4-6-5-3-1;;/h1-8H,9-12H2,(H,21,22)(H,23,24);2*1-5H;;/q;;;2*+1/p-2. The summed E-state index contributed by atoms with van der Waals surface area (Å²) in [6, 6.07) is 31.8. The summed E-state index contributed by atoms with van der Waals surface area (Å²) in [4.78, 5) is 50.5. The molecule has 0 bridgehead atoms. The first kappa shape index (κ1) is 32.5. The van der Waals surface area contributed by atoms with Crippen molar-refractivity contribution in [1.29, 1.82) is 0 Å². The van der Waals surface area contributed by atoms with Crippen LogP contribution in [-0.4, -0.2) is 50.3 Å². The molecular formula is C32H26Hg2O9. The van der Waals surface area contributed by atoms with Gasteiger partial charge in [0.15, 0.2) is 0 Å². The Bertz CT molecular complexity index is 1410. The number of carbonyl (C=O) groups is 4. The molecule has 4 aromatic carbocycles. The topological polar surface area (TPSA) is 114 Å².